The van der Waals surface area contributed by atoms with Crippen LogP contribution in [0, 0.1) is 35.0 Å². The predicted octanol–water partition coefficient (Wildman–Crippen LogP) is 1.64. The highest BCUT2D eigenvalue weighted by atomic mass is 16.6. The lowest BCUT2D eigenvalue weighted by Gasteiger charge is -2.53. The van der Waals surface area contributed by atoms with Crippen LogP contribution in [-0.2, 0) is 23.9 Å². The quantitative estimate of drug-likeness (QED) is 0.344. The monoisotopic (exact) mass is 533 g/mol. The molecule has 3 N–H and O–H groups in total. The summed E-state index contributed by atoms with van der Waals surface area (Å²) in [6.07, 6.45) is 2.19. The fraction of sp³-hybridized carbons (Fsp3) is 0.759. The molecule has 0 radical (unpaired) electrons. The number of carbonyl (C=O) groups is 3. The van der Waals surface area contributed by atoms with Crippen molar-refractivity contribution in [1.82, 2.24) is 4.90 Å². The lowest BCUT2D eigenvalue weighted by Crippen LogP contribution is -2.66. The maximum Gasteiger partial charge on any atom is 0.324 e. The molecule has 4 rings (SSSR count). The molecule has 38 heavy (non-hydrogen) atoms. The van der Waals surface area contributed by atoms with E-state index >= 15 is 0 Å². The number of rotatable bonds is 6. The number of ether oxygens (including phenoxy) is 2. The lowest BCUT2D eigenvalue weighted by atomic mass is 9.59. The average molecular weight is 534 g/mol. The topological polar surface area (TPSA) is 134 Å². The second-order valence-electron chi connectivity index (χ2n) is 13.0. The highest BCUT2D eigenvalue weighted by molar-refractivity contribution is 6.04. The third-order valence-corrected chi connectivity index (χ3v) is 9.94. The molecule has 0 unspecified atom stereocenters. The number of nitrogens with zero attached hydrogens (tertiary/aromatic N) is 1. The summed E-state index contributed by atoms with van der Waals surface area (Å²) in [6, 6.07) is -0.577. The summed E-state index contributed by atoms with van der Waals surface area (Å²) in [5.41, 5.74) is -4.88. The summed E-state index contributed by atoms with van der Waals surface area (Å²) in [6.45, 7) is 11.9. The van der Waals surface area contributed by atoms with Crippen molar-refractivity contribution in [2.75, 3.05) is 20.7 Å². The van der Waals surface area contributed by atoms with Crippen LogP contribution < -0.4 is 0 Å². The summed E-state index contributed by atoms with van der Waals surface area (Å²) >= 11 is 0. The van der Waals surface area contributed by atoms with E-state index in [1.165, 1.54) is 6.92 Å². The van der Waals surface area contributed by atoms with E-state index in [0.29, 0.717) is 11.1 Å². The van der Waals surface area contributed by atoms with Crippen molar-refractivity contribution in [2.45, 2.75) is 83.8 Å². The number of fused-ring (bicyclic) bond motifs is 5. The molecule has 0 aromatic rings. The van der Waals surface area contributed by atoms with Crippen molar-refractivity contribution in [3.63, 3.8) is 0 Å². The smallest absolute Gasteiger partial charge is 0.324 e. The summed E-state index contributed by atoms with van der Waals surface area (Å²) < 4.78 is 12.3. The minimum Gasteiger partial charge on any atom is -0.456 e. The first-order valence-corrected chi connectivity index (χ1v) is 13.5. The van der Waals surface area contributed by atoms with Crippen molar-refractivity contribution >= 4 is 17.7 Å². The van der Waals surface area contributed by atoms with Gasteiger partial charge in [0.25, 0.3) is 0 Å². The van der Waals surface area contributed by atoms with Crippen molar-refractivity contribution < 1.29 is 39.2 Å². The molecular formula is C29H43NO8. The molecule has 0 saturated heterocycles. The molecule has 9 atom stereocenters. The molecule has 0 aromatic carbocycles. The van der Waals surface area contributed by atoms with Crippen LogP contribution in [0.5, 0.6) is 0 Å². The Kier molecular flexibility index (Phi) is 6.83. The predicted molar refractivity (Wildman–Crippen MR) is 139 cm³/mol. The van der Waals surface area contributed by atoms with Gasteiger partial charge in [-0.25, -0.2) is 0 Å². The molecule has 0 aromatic heterocycles. The normalized spacial score (nSPS) is 41.8. The Labute approximate surface area is 224 Å². The Morgan fingerprint density at radius 1 is 1.18 bits per heavy atom. The number of likely N-dealkylation sites (N-methyl/N-ethyl adjacent to an activating group) is 1. The molecule has 9 nitrogen and oxygen atoms in total. The average Bonchev–Trinajstić information content (AvgIpc) is 3.21. The van der Waals surface area contributed by atoms with Crippen LogP contribution in [0.2, 0.25) is 0 Å². The fourth-order valence-corrected chi connectivity index (χ4v) is 8.34. The maximum atomic E-state index is 13.6. The molecular weight excluding hydrogens is 490 g/mol. The molecule has 0 bridgehead atoms. The Hall–Kier alpha value is -2.07. The van der Waals surface area contributed by atoms with Gasteiger partial charge in [0.1, 0.15) is 17.7 Å². The van der Waals surface area contributed by atoms with Crippen LogP contribution in [0.25, 0.3) is 0 Å². The SMILES string of the molecule is CC(=O)O[C@@]12[C@H](OC(=O)[C@H](C(C)C)N(C)C)[C@@H](C)[C@@]3(O)[C@@H](C=C(CO)C[C@@]4(O)C(=O)C(C)=C[C@@H]34)[C@@H]1C2(C)C. The van der Waals surface area contributed by atoms with Crippen LogP contribution in [0.1, 0.15) is 54.9 Å². The van der Waals surface area contributed by atoms with E-state index in [4.69, 9.17) is 9.47 Å². The van der Waals surface area contributed by atoms with Gasteiger partial charge in [-0.15, -0.1) is 0 Å². The van der Waals surface area contributed by atoms with Crippen LogP contribution in [-0.4, -0.2) is 87.6 Å². The van der Waals surface area contributed by atoms with Crippen LogP contribution in [0.3, 0.4) is 0 Å². The van der Waals surface area contributed by atoms with Crippen molar-refractivity contribution in [3.8, 4) is 0 Å². The van der Waals surface area contributed by atoms with Gasteiger partial charge >= 0.3 is 11.9 Å². The summed E-state index contributed by atoms with van der Waals surface area (Å²) in [4.78, 5) is 41.1. The van der Waals surface area contributed by atoms with E-state index in [1.807, 2.05) is 27.7 Å². The fourth-order valence-electron chi connectivity index (χ4n) is 8.34. The van der Waals surface area contributed by atoms with Crippen molar-refractivity contribution in [3.05, 3.63) is 23.3 Å². The highest BCUT2D eigenvalue weighted by Gasteiger charge is 2.87. The molecule has 9 heteroatoms. The van der Waals surface area contributed by atoms with E-state index in [1.54, 1.807) is 45.0 Å². The Bertz CT molecular complexity index is 1100. The molecule has 212 valence electrons. The molecule has 2 saturated carbocycles. The van der Waals surface area contributed by atoms with Gasteiger partial charge in [0, 0.05) is 42.4 Å². The number of hydrogen-bond acceptors (Lipinski definition) is 9. The van der Waals surface area contributed by atoms with Gasteiger partial charge in [-0.05, 0) is 38.1 Å². The molecule has 0 aliphatic heterocycles. The van der Waals surface area contributed by atoms with Gasteiger partial charge in [0.05, 0.1) is 12.2 Å². The van der Waals surface area contributed by atoms with Crippen molar-refractivity contribution in [2.24, 2.45) is 35.0 Å². The van der Waals surface area contributed by atoms with E-state index in [0.717, 1.165) is 0 Å². The lowest BCUT2D eigenvalue weighted by molar-refractivity contribution is -0.230. The zero-order chi connectivity index (χ0) is 28.7. The van der Waals surface area contributed by atoms with Gasteiger partial charge in [0.15, 0.2) is 11.4 Å². The number of carbonyl (C=O) groups excluding carboxylic acids is 3. The van der Waals surface area contributed by atoms with Crippen LogP contribution >= 0.6 is 0 Å². The molecule has 0 heterocycles. The van der Waals surface area contributed by atoms with Crippen molar-refractivity contribution in [1.29, 1.82) is 0 Å². The molecule has 0 spiro atoms. The minimum atomic E-state index is -1.95. The standard InChI is InChI=1S/C29H43NO8/c1-14(2)21(30(8)9)25(34)37-24-16(4)28(36)19(22-26(6,7)29(22,24)38-17(5)32)11-18(13-31)12-27(35)20(28)10-15(3)23(27)33/h10-11,14,16,19-22,24,31,35-36H,12-13H2,1-9H3/t16-,19+,20-,21+,22-,24-,27+,28-,29-/m1/s1. The summed E-state index contributed by atoms with van der Waals surface area (Å²) in [5.74, 6) is -4.63. The Morgan fingerprint density at radius 2 is 1.79 bits per heavy atom. The summed E-state index contributed by atoms with van der Waals surface area (Å²) in [7, 11) is 3.58. The number of ketones is 1. The first-order chi connectivity index (χ1) is 17.4. The van der Waals surface area contributed by atoms with Gasteiger partial charge in [0.2, 0.25) is 0 Å². The molecule has 4 aliphatic carbocycles. The van der Waals surface area contributed by atoms with E-state index in [9.17, 15) is 29.7 Å². The third-order valence-electron chi connectivity index (χ3n) is 9.94. The van der Waals surface area contributed by atoms with Gasteiger partial charge in [-0.3, -0.25) is 19.3 Å². The van der Waals surface area contributed by atoms with E-state index in [2.05, 4.69) is 0 Å². The minimum absolute atomic E-state index is 0.0732. The Balaban J connectivity index is 1.93. The van der Waals surface area contributed by atoms with Gasteiger partial charge < -0.3 is 24.8 Å². The number of esters is 2. The number of hydrogen-bond donors (Lipinski definition) is 3. The second kappa shape index (κ2) is 8.98. The summed E-state index contributed by atoms with van der Waals surface area (Å²) in [5, 5.41) is 34.7. The van der Waals surface area contributed by atoms with Gasteiger partial charge in [-0.1, -0.05) is 46.8 Å². The Morgan fingerprint density at radius 3 is 2.29 bits per heavy atom. The molecule has 0 amide bonds. The zero-order valence-electron chi connectivity index (χ0n) is 23.9. The molecule has 4 aliphatic rings. The number of aliphatic hydroxyl groups is 3. The van der Waals surface area contributed by atoms with Gasteiger partial charge in [-0.2, -0.15) is 0 Å². The maximum absolute atomic E-state index is 13.6. The highest BCUT2D eigenvalue weighted by Crippen LogP contribution is 2.77. The number of Topliss-reactive ketones (excluding diaryl/α,β-unsaturated/α-hetero) is 1. The second-order valence-corrected chi connectivity index (χ2v) is 13.0. The first kappa shape index (κ1) is 28.9. The van der Waals surface area contributed by atoms with E-state index in [-0.39, 0.29) is 12.3 Å². The largest absolute Gasteiger partial charge is 0.456 e. The molecule has 2 fully saturated rings. The zero-order valence-corrected chi connectivity index (χ0v) is 23.9. The first-order valence-electron chi connectivity index (χ1n) is 13.5. The third kappa shape index (κ3) is 3.61. The van der Waals surface area contributed by atoms with Crippen LogP contribution in [0.15, 0.2) is 23.3 Å². The number of aliphatic hydroxyl groups excluding tert-OH is 1. The van der Waals surface area contributed by atoms with E-state index < -0.39 is 82.4 Å². The van der Waals surface area contributed by atoms with Crippen LogP contribution in [0.4, 0.5) is 0 Å².